The molecule has 254 valence electrons. The summed E-state index contributed by atoms with van der Waals surface area (Å²) in [7, 11) is 0. The minimum atomic E-state index is 0.618. The third-order valence-electron chi connectivity index (χ3n) is 9.81. The number of benzene rings is 8. The van der Waals surface area contributed by atoms with Crippen LogP contribution < -0.4 is 0 Å². The topological polar surface area (TPSA) is 38.7 Å². The van der Waals surface area contributed by atoms with Crippen LogP contribution in [-0.2, 0) is 0 Å². The molecule has 0 unspecified atom stereocenters. The summed E-state index contributed by atoms with van der Waals surface area (Å²) in [6.45, 7) is 0. The highest BCUT2D eigenvalue weighted by Crippen LogP contribution is 2.40. The van der Waals surface area contributed by atoms with Crippen LogP contribution in [0.2, 0.25) is 0 Å². The molecule has 0 radical (unpaired) electrons. The Morgan fingerprint density at radius 3 is 1.07 bits per heavy atom. The van der Waals surface area contributed by atoms with E-state index >= 15 is 0 Å². The maximum atomic E-state index is 5.31. The van der Waals surface area contributed by atoms with Gasteiger partial charge in [-0.25, -0.2) is 15.0 Å². The molecule has 1 aromatic heterocycles. The monoisotopic (exact) mass is 689 g/mol. The van der Waals surface area contributed by atoms with E-state index in [0.29, 0.717) is 17.5 Å². The minimum Gasteiger partial charge on any atom is -0.208 e. The molecule has 0 aliphatic heterocycles. The van der Waals surface area contributed by atoms with Crippen LogP contribution in [0, 0.1) is 0 Å². The largest absolute Gasteiger partial charge is 0.208 e. The van der Waals surface area contributed by atoms with Crippen molar-refractivity contribution in [2.45, 2.75) is 0 Å². The summed E-state index contributed by atoms with van der Waals surface area (Å²) in [5.74, 6) is 1.86. The summed E-state index contributed by atoms with van der Waals surface area (Å²) in [5.41, 5.74) is 14.1. The molecular weight excluding hydrogens is 655 g/mol. The molecule has 0 fully saturated rings. The highest BCUT2D eigenvalue weighted by molar-refractivity contribution is 5.94. The molecule has 0 aliphatic rings. The molecule has 3 heteroatoms. The van der Waals surface area contributed by atoms with Gasteiger partial charge in [-0.1, -0.05) is 212 Å². The Kier molecular flexibility index (Phi) is 8.94. The maximum Gasteiger partial charge on any atom is 0.164 e. The summed E-state index contributed by atoms with van der Waals surface area (Å²) in [5, 5.41) is 0. The van der Waals surface area contributed by atoms with E-state index in [0.717, 1.165) is 55.6 Å². The Labute approximate surface area is 316 Å². The highest BCUT2D eigenvalue weighted by Gasteiger charge is 2.20. The lowest BCUT2D eigenvalue weighted by molar-refractivity contribution is 1.07. The zero-order valence-corrected chi connectivity index (χ0v) is 29.5. The van der Waals surface area contributed by atoms with Crippen LogP contribution in [-0.4, -0.2) is 15.0 Å². The van der Waals surface area contributed by atoms with Crippen LogP contribution in [0.1, 0.15) is 0 Å². The maximum absolute atomic E-state index is 5.31. The standard InChI is InChI=1S/C51H35N3/c1-5-16-36(17-6-1)38-28-32-41(33-29-38)44-24-13-14-25-46(44)50-52-49(43-34-30-39(31-35-43)37-18-7-2-8-19-37)53-51(54-50)47-27-15-26-45(40-20-9-3-10-21-40)48(47)42-22-11-4-12-23-42/h1-35H. The van der Waals surface area contributed by atoms with Crippen molar-refractivity contribution >= 4 is 0 Å². The van der Waals surface area contributed by atoms with Gasteiger partial charge < -0.3 is 0 Å². The molecule has 0 atom stereocenters. The summed E-state index contributed by atoms with van der Waals surface area (Å²) < 4.78 is 0. The van der Waals surface area contributed by atoms with Gasteiger partial charge in [-0.2, -0.15) is 0 Å². The zero-order chi connectivity index (χ0) is 36.1. The molecule has 8 aromatic carbocycles. The molecule has 0 saturated heterocycles. The molecule has 0 aliphatic carbocycles. The van der Waals surface area contributed by atoms with E-state index in [1.54, 1.807) is 0 Å². The van der Waals surface area contributed by atoms with E-state index in [4.69, 9.17) is 15.0 Å². The Balaban J connectivity index is 1.23. The Hall–Kier alpha value is -7.23. The molecular formula is C51H35N3. The van der Waals surface area contributed by atoms with E-state index in [-0.39, 0.29) is 0 Å². The van der Waals surface area contributed by atoms with Crippen molar-refractivity contribution in [1.82, 2.24) is 15.0 Å². The van der Waals surface area contributed by atoms with Crippen LogP contribution in [0.5, 0.6) is 0 Å². The third-order valence-corrected chi connectivity index (χ3v) is 9.81. The lowest BCUT2D eigenvalue weighted by atomic mass is 9.90. The average Bonchev–Trinajstić information content (AvgIpc) is 3.27. The van der Waals surface area contributed by atoms with Gasteiger partial charge in [-0.05, 0) is 50.1 Å². The average molecular weight is 690 g/mol. The van der Waals surface area contributed by atoms with Gasteiger partial charge in [0.25, 0.3) is 0 Å². The third kappa shape index (κ3) is 6.63. The molecule has 0 N–H and O–H groups in total. The number of nitrogens with zero attached hydrogens (tertiary/aromatic N) is 3. The van der Waals surface area contributed by atoms with Gasteiger partial charge in [0.1, 0.15) is 0 Å². The first-order valence-corrected chi connectivity index (χ1v) is 18.2. The molecule has 54 heavy (non-hydrogen) atoms. The summed E-state index contributed by atoms with van der Waals surface area (Å²) in [6, 6.07) is 74.0. The van der Waals surface area contributed by atoms with Crippen LogP contribution in [0.3, 0.4) is 0 Å². The van der Waals surface area contributed by atoms with E-state index in [9.17, 15) is 0 Å². The normalized spacial score (nSPS) is 11.0. The molecule has 0 bridgehead atoms. The number of hydrogen-bond acceptors (Lipinski definition) is 3. The van der Waals surface area contributed by atoms with Crippen LogP contribution in [0.25, 0.3) is 89.8 Å². The van der Waals surface area contributed by atoms with Gasteiger partial charge in [-0.15, -0.1) is 0 Å². The molecule has 0 amide bonds. The fourth-order valence-electron chi connectivity index (χ4n) is 7.10. The number of aromatic nitrogens is 3. The fourth-order valence-corrected chi connectivity index (χ4v) is 7.10. The van der Waals surface area contributed by atoms with Gasteiger partial charge in [0.05, 0.1) is 0 Å². The second kappa shape index (κ2) is 14.8. The van der Waals surface area contributed by atoms with Crippen LogP contribution in [0.4, 0.5) is 0 Å². The van der Waals surface area contributed by atoms with Crippen molar-refractivity contribution < 1.29 is 0 Å². The van der Waals surface area contributed by atoms with Crippen molar-refractivity contribution in [3.63, 3.8) is 0 Å². The number of rotatable bonds is 8. The minimum absolute atomic E-state index is 0.618. The Morgan fingerprint density at radius 1 is 0.185 bits per heavy atom. The van der Waals surface area contributed by atoms with Crippen LogP contribution in [0.15, 0.2) is 212 Å². The van der Waals surface area contributed by atoms with Gasteiger partial charge in [0, 0.05) is 22.3 Å². The first-order chi connectivity index (χ1) is 26.8. The van der Waals surface area contributed by atoms with E-state index in [1.807, 2.05) is 12.1 Å². The van der Waals surface area contributed by atoms with Crippen LogP contribution >= 0.6 is 0 Å². The van der Waals surface area contributed by atoms with E-state index < -0.39 is 0 Å². The predicted octanol–water partition coefficient (Wildman–Crippen LogP) is 13.2. The molecule has 9 aromatic rings. The number of hydrogen-bond donors (Lipinski definition) is 0. The Bertz CT molecular complexity index is 2660. The second-order valence-electron chi connectivity index (χ2n) is 13.2. The first kappa shape index (κ1) is 32.7. The second-order valence-corrected chi connectivity index (χ2v) is 13.2. The van der Waals surface area contributed by atoms with Crippen molar-refractivity contribution in [2.24, 2.45) is 0 Å². The van der Waals surface area contributed by atoms with E-state index in [2.05, 4.69) is 200 Å². The first-order valence-electron chi connectivity index (χ1n) is 18.2. The lowest BCUT2D eigenvalue weighted by Crippen LogP contribution is -2.02. The highest BCUT2D eigenvalue weighted by atomic mass is 15.0. The van der Waals surface area contributed by atoms with Gasteiger partial charge >= 0.3 is 0 Å². The smallest absolute Gasteiger partial charge is 0.164 e. The molecule has 9 rings (SSSR count). The van der Waals surface area contributed by atoms with E-state index in [1.165, 1.54) is 16.7 Å². The van der Waals surface area contributed by atoms with Crippen molar-refractivity contribution in [3.05, 3.63) is 212 Å². The van der Waals surface area contributed by atoms with Crippen molar-refractivity contribution in [1.29, 1.82) is 0 Å². The van der Waals surface area contributed by atoms with Crippen molar-refractivity contribution in [3.8, 4) is 89.8 Å². The quantitative estimate of drug-likeness (QED) is 0.159. The zero-order valence-electron chi connectivity index (χ0n) is 29.5. The molecule has 1 heterocycles. The predicted molar refractivity (Wildman–Crippen MR) is 223 cm³/mol. The molecule has 0 saturated carbocycles. The van der Waals surface area contributed by atoms with Crippen molar-refractivity contribution in [2.75, 3.05) is 0 Å². The fraction of sp³-hybridized carbons (Fsp3) is 0. The van der Waals surface area contributed by atoms with Gasteiger partial charge in [0.15, 0.2) is 17.5 Å². The summed E-state index contributed by atoms with van der Waals surface area (Å²) >= 11 is 0. The summed E-state index contributed by atoms with van der Waals surface area (Å²) in [4.78, 5) is 15.8. The molecule has 0 spiro atoms. The lowest BCUT2D eigenvalue weighted by Gasteiger charge is -2.17. The van der Waals surface area contributed by atoms with Gasteiger partial charge in [-0.3, -0.25) is 0 Å². The van der Waals surface area contributed by atoms with Gasteiger partial charge in [0.2, 0.25) is 0 Å². The molecule has 3 nitrogen and oxygen atoms in total. The SMILES string of the molecule is c1ccc(-c2ccc(-c3nc(-c4ccccc4-c4ccc(-c5ccccc5)cc4)nc(-c4cccc(-c5ccccc5)c4-c4ccccc4)n3)cc2)cc1. The summed E-state index contributed by atoms with van der Waals surface area (Å²) in [6.07, 6.45) is 0. The Morgan fingerprint density at radius 2 is 0.519 bits per heavy atom.